The van der Waals surface area contributed by atoms with Crippen molar-refractivity contribution in [1.29, 1.82) is 0 Å². The molecule has 2 rings (SSSR count). The van der Waals surface area contributed by atoms with E-state index in [0.717, 1.165) is 12.0 Å². The molecular formula is C13H17F2NO. The zero-order valence-electron chi connectivity index (χ0n) is 9.69. The molecule has 1 aliphatic rings. The third-order valence-corrected chi connectivity index (χ3v) is 3.06. The van der Waals surface area contributed by atoms with Gasteiger partial charge in [0.05, 0.1) is 13.2 Å². The van der Waals surface area contributed by atoms with Gasteiger partial charge in [0.15, 0.2) is 0 Å². The van der Waals surface area contributed by atoms with Gasteiger partial charge in [0.25, 0.3) is 6.43 Å². The molecule has 2 nitrogen and oxygen atoms in total. The molecule has 94 valence electrons. The van der Waals surface area contributed by atoms with E-state index in [0.29, 0.717) is 19.8 Å². The summed E-state index contributed by atoms with van der Waals surface area (Å²) in [7, 11) is 0. The van der Waals surface area contributed by atoms with Crippen molar-refractivity contribution in [1.82, 2.24) is 4.90 Å². The Morgan fingerprint density at radius 1 is 1.24 bits per heavy atom. The molecule has 1 unspecified atom stereocenters. The highest BCUT2D eigenvalue weighted by atomic mass is 19.3. The van der Waals surface area contributed by atoms with E-state index in [2.05, 4.69) is 0 Å². The average Bonchev–Trinajstić information content (AvgIpc) is 2.55. The van der Waals surface area contributed by atoms with E-state index in [1.165, 1.54) is 0 Å². The molecule has 0 spiro atoms. The van der Waals surface area contributed by atoms with Gasteiger partial charge in [-0.25, -0.2) is 8.78 Å². The monoisotopic (exact) mass is 241 g/mol. The molecule has 1 aliphatic heterocycles. The first-order valence-electron chi connectivity index (χ1n) is 5.92. The molecule has 17 heavy (non-hydrogen) atoms. The van der Waals surface area contributed by atoms with Gasteiger partial charge in [-0.1, -0.05) is 30.3 Å². The molecule has 0 aromatic heterocycles. The number of nitrogens with zero attached hydrogens (tertiary/aromatic N) is 1. The van der Waals surface area contributed by atoms with Gasteiger partial charge in [-0.3, -0.25) is 4.90 Å². The first-order chi connectivity index (χ1) is 8.27. The number of hydrogen-bond acceptors (Lipinski definition) is 2. The molecule has 0 radical (unpaired) electrons. The van der Waals surface area contributed by atoms with E-state index in [-0.39, 0.29) is 12.6 Å². The van der Waals surface area contributed by atoms with Gasteiger partial charge in [0.1, 0.15) is 0 Å². The zero-order valence-corrected chi connectivity index (χ0v) is 9.69. The Bertz CT molecular complexity index is 331. The van der Waals surface area contributed by atoms with Crippen LogP contribution in [0.4, 0.5) is 8.78 Å². The molecule has 4 heteroatoms. The minimum atomic E-state index is -2.29. The Morgan fingerprint density at radius 2 is 2.00 bits per heavy atom. The lowest BCUT2D eigenvalue weighted by molar-refractivity contribution is 0.0646. The molecule has 1 saturated heterocycles. The molecule has 1 fully saturated rings. The SMILES string of the molecule is FC(F)CN1CCOCCC1c1ccccc1. The van der Waals surface area contributed by atoms with Crippen LogP contribution in [0, 0.1) is 0 Å². The van der Waals surface area contributed by atoms with Crippen LogP contribution in [0.15, 0.2) is 30.3 Å². The summed E-state index contributed by atoms with van der Waals surface area (Å²) in [6.07, 6.45) is -1.52. The van der Waals surface area contributed by atoms with Gasteiger partial charge in [-0.15, -0.1) is 0 Å². The lowest BCUT2D eigenvalue weighted by Crippen LogP contribution is -2.34. The Labute approximate surface area is 100 Å². The van der Waals surface area contributed by atoms with E-state index in [1.54, 1.807) is 0 Å². The Morgan fingerprint density at radius 3 is 2.71 bits per heavy atom. The zero-order chi connectivity index (χ0) is 12.1. The highest BCUT2D eigenvalue weighted by Gasteiger charge is 2.24. The van der Waals surface area contributed by atoms with Crippen molar-refractivity contribution >= 4 is 0 Å². The molecule has 0 bridgehead atoms. The molecule has 1 aromatic carbocycles. The van der Waals surface area contributed by atoms with E-state index >= 15 is 0 Å². The number of benzene rings is 1. The van der Waals surface area contributed by atoms with Crippen LogP contribution in [0.3, 0.4) is 0 Å². The lowest BCUT2D eigenvalue weighted by atomic mass is 10.0. The summed E-state index contributed by atoms with van der Waals surface area (Å²) < 4.78 is 30.5. The average molecular weight is 241 g/mol. The van der Waals surface area contributed by atoms with Gasteiger partial charge in [-0.05, 0) is 12.0 Å². The van der Waals surface area contributed by atoms with Crippen molar-refractivity contribution in [2.75, 3.05) is 26.3 Å². The second kappa shape index (κ2) is 6.07. The molecular weight excluding hydrogens is 224 g/mol. The summed E-state index contributed by atoms with van der Waals surface area (Å²) in [5.74, 6) is 0. The predicted octanol–water partition coefficient (Wildman–Crippen LogP) is 2.72. The second-order valence-electron chi connectivity index (χ2n) is 4.21. The maximum Gasteiger partial charge on any atom is 0.251 e. The van der Waals surface area contributed by atoms with Crippen LogP contribution in [0.5, 0.6) is 0 Å². The van der Waals surface area contributed by atoms with E-state index in [4.69, 9.17) is 4.74 Å². The van der Waals surface area contributed by atoms with Crippen LogP contribution in [-0.4, -0.2) is 37.6 Å². The standard InChI is InChI=1S/C13H17F2NO/c14-13(15)10-16-7-9-17-8-6-12(16)11-4-2-1-3-5-11/h1-5,12-13H,6-10H2. The smallest absolute Gasteiger partial charge is 0.251 e. The predicted molar refractivity (Wildman–Crippen MR) is 62.2 cm³/mol. The largest absolute Gasteiger partial charge is 0.380 e. The van der Waals surface area contributed by atoms with Gasteiger partial charge in [0, 0.05) is 19.2 Å². The van der Waals surface area contributed by atoms with E-state index in [1.807, 2.05) is 35.2 Å². The number of hydrogen-bond donors (Lipinski definition) is 0. The summed E-state index contributed by atoms with van der Waals surface area (Å²) in [5, 5.41) is 0. The molecule has 1 aromatic rings. The summed E-state index contributed by atoms with van der Waals surface area (Å²) in [5.41, 5.74) is 1.10. The van der Waals surface area contributed by atoms with Crippen molar-refractivity contribution in [3.8, 4) is 0 Å². The minimum absolute atomic E-state index is 0.0488. The second-order valence-corrected chi connectivity index (χ2v) is 4.21. The highest BCUT2D eigenvalue weighted by Crippen LogP contribution is 2.26. The van der Waals surface area contributed by atoms with Crippen LogP contribution in [0.25, 0.3) is 0 Å². The van der Waals surface area contributed by atoms with Crippen LogP contribution >= 0.6 is 0 Å². The van der Waals surface area contributed by atoms with E-state index in [9.17, 15) is 8.78 Å². The summed E-state index contributed by atoms with van der Waals surface area (Å²) in [6, 6.07) is 9.87. The van der Waals surface area contributed by atoms with Crippen LogP contribution in [-0.2, 0) is 4.74 Å². The van der Waals surface area contributed by atoms with Crippen LogP contribution in [0.2, 0.25) is 0 Å². The van der Waals surface area contributed by atoms with Crippen molar-refractivity contribution in [2.24, 2.45) is 0 Å². The molecule has 1 atom stereocenters. The lowest BCUT2D eigenvalue weighted by Gasteiger charge is -2.29. The summed E-state index contributed by atoms with van der Waals surface area (Å²) in [4.78, 5) is 1.83. The number of halogens is 2. The van der Waals surface area contributed by atoms with Crippen LogP contribution in [0.1, 0.15) is 18.0 Å². The van der Waals surface area contributed by atoms with Gasteiger partial charge in [-0.2, -0.15) is 0 Å². The van der Waals surface area contributed by atoms with Crippen molar-refractivity contribution in [3.05, 3.63) is 35.9 Å². The number of rotatable bonds is 3. The molecule has 0 saturated carbocycles. The summed E-state index contributed by atoms with van der Waals surface area (Å²) in [6.45, 7) is 1.57. The number of ether oxygens (including phenoxy) is 1. The maximum atomic E-state index is 12.6. The fourth-order valence-corrected chi connectivity index (χ4v) is 2.27. The Kier molecular flexibility index (Phi) is 4.45. The fraction of sp³-hybridized carbons (Fsp3) is 0.538. The summed E-state index contributed by atoms with van der Waals surface area (Å²) >= 11 is 0. The molecule has 0 aliphatic carbocycles. The Balaban J connectivity index is 2.14. The molecule has 0 amide bonds. The normalized spacial score (nSPS) is 22.6. The van der Waals surface area contributed by atoms with Gasteiger partial charge >= 0.3 is 0 Å². The third kappa shape index (κ3) is 3.48. The molecule has 0 N–H and O–H groups in total. The Hall–Kier alpha value is -1.00. The number of alkyl halides is 2. The van der Waals surface area contributed by atoms with Crippen LogP contribution < -0.4 is 0 Å². The quantitative estimate of drug-likeness (QED) is 0.806. The first kappa shape index (κ1) is 12.5. The van der Waals surface area contributed by atoms with E-state index < -0.39 is 6.43 Å². The van der Waals surface area contributed by atoms with Crippen molar-refractivity contribution in [2.45, 2.75) is 18.9 Å². The molecule has 1 heterocycles. The van der Waals surface area contributed by atoms with Crippen molar-refractivity contribution < 1.29 is 13.5 Å². The van der Waals surface area contributed by atoms with Gasteiger partial charge < -0.3 is 4.74 Å². The minimum Gasteiger partial charge on any atom is -0.380 e. The third-order valence-electron chi connectivity index (χ3n) is 3.06. The van der Waals surface area contributed by atoms with Gasteiger partial charge in [0.2, 0.25) is 0 Å². The first-order valence-corrected chi connectivity index (χ1v) is 5.92. The topological polar surface area (TPSA) is 12.5 Å². The van der Waals surface area contributed by atoms with Crippen molar-refractivity contribution in [3.63, 3.8) is 0 Å². The highest BCUT2D eigenvalue weighted by molar-refractivity contribution is 5.19. The fourth-order valence-electron chi connectivity index (χ4n) is 2.27. The maximum absolute atomic E-state index is 12.6.